The van der Waals surface area contributed by atoms with Crippen molar-refractivity contribution >= 4 is 34.5 Å². The molecule has 7 nitrogen and oxygen atoms in total. The second-order valence-electron chi connectivity index (χ2n) is 8.21. The van der Waals surface area contributed by atoms with Crippen LogP contribution in [0.5, 0.6) is 5.75 Å². The fourth-order valence-corrected chi connectivity index (χ4v) is 4.79. The van der Waals surface area contributed by atoms with Gasteiger partial charge in [0.1, 0.15) is 12.3 Å². The van der Waals surface area contributed by atoms with Crippen LogP contribution >= 0.6 is 11.3 Å². The van der Waals surface area contributed by atoms with Crippen LogP contribution < -0.4 is 14.5 Å². The minimum atomic E-state index is -0.667. The van der Waals surface area contributed by atoms with Crippen LogP contribution in [-0.4, -0.2) is 49.7 Å². The van der Waals surface area contributed by atoms with Gasteiger partial charge in [-0.25, -0.2) is 4.98 Å². The third kappa shape index (κ3) is 4.98. The molecule has 1 aliphatic heterocycles. The zero-order valence-corrected chi connectivity index (χ0v) is 20.7. The molecule has 0 radical (unpaired) electrons. The fraction of sp³-hybridized carbons (Fsp3) is 0.346. The number of thiazole rings is 1. The monoisotopic (exact) mass is 479 g/mol. The highest BCUT2D eigenvalue weighted by molar-refractivity contribution is 7.09. The van der Waals surface area contributed by atoms with E-state index in [0.29, 0.717) is 24.6 Å². The Morgan fingerprint density at radius 3 is 2.82 bits per heavy atom. The van der Waals surface area contributed by atoms with Crippen molar-refractivity contribution in [3.8, 4) is 17.0 Å². The third-order valence-electron chi connectivity index (χ3n) is 5.76. The maximum atomic E-state index is 13.3. The predicted molar refractivity (Wildman–Crippen MR) is 135 cm³/mol. The fourth-order valence-electron chi connectivity index (χ4n) is 4.00. The molecule has 2 amide bonds. The van der Waals surface area contributed by atoms with Crippen LogP contribution in [0.4, 0.5) is 11.4 Å². The van der Waals surface area contributed by atoms with Gasteiger partial charge in [0, 0.05) is 36.7 Å². The Hall–Kier alpha value is -3.23. The lowest BCUT2D eigenvalue weighted by molar-refractivity contribution is -0.127. The summed E-state index contributed by atoms with van der Waals surface area (Å²) in [6.07, 6.45) is 0.0811. The highest BCUT2D eigenvalue weighted by Gasteiger charge is 2.34. The molecule has 2 heterocycles. The molecule has 0 bridgehead atoms. The molecule has 3 aromatic rings. The van der Waals surface area contributed by atoms with Gasteiger partial charge in [-0.05, 0) is 56.7 Å². The minimum absolute atomic E-state index is 0.0685. The van der Waals surface area contributed by atoms with E-state index in [0.717, 1.165) is 33.9 Å². The van der Waals surface area contributed by atoms with Crippen molar-refractivity contribution in [1.82, 2.24) is 4.98 Å². The van der Waals surface area contributed by atoms with Gasteiger partial charge in [-0.1, -0.05) is 12.1 Å². The van der Waals surface area contributed by atoms with Gasteiger partial charge in [0.25, 0.3) is 5.91 Å². The summed E-state index contributed by atoms with van der Waals surface area (Å²) >= 11 is 1.58. The SMILES string of the molecule is CCN(C(=O)CN1C(=O)C(C)Oc2ccc(-c3csc(CCOC)n3)cc21)c1cccc(C)c1. The summed E-state index contributed by atoms with van der Waals surface area (Å²) in [5.41, 5.74) is 4.17. The van der Waals surface area contributed by atoms with Crippen molar-refractivity contribution in [2.75, 3.05) is 36.6 Å². The Balaban J connectivity index is 1.63. The molecule has 0 N–H and O–H groups in total. The molecule has 2 aromatic carbocycles. The number of amides is 2. The van der Waals surface area contributed by atoms with E-state index in [4.69, 9.17) is 14.5 Å². The summed E-state index contributed by atoms with van der Waals surface area (Å²) in [7, 11) is 1.67. The summed E-state index contributed by atoms with van der Waals surface area (Å²) in [5, 5.41) is 2.98. The molecule has 1 atom stereocenters. The maximum Gasteiger partial charge on any atom is 0.268 e. The minimum Gasteiger partial charge on any atom is -0.479 e. The van der Waals surface area contributed by atoms with Gasteiger partial charge in [-0.15, -0.1) is 11.3 Å². The molecule has 0 saturated heterocycles. The molecule has 0 spiro atoms. The van der Waals surface area contributed by atoms with Crippen LogP contribution in [0.15, 0.2) is 47.8 Å². The summed E-state index contributed by atoms with van der Waals surface area (Å²) in [6.45, 7) is 6.68. The number of ether oxygens (including phenoxy) is 2. The van der Waals surface area contributed by atoms with E-state index in [1.165, 1.54) is 4.90 Å². The van der Waals surface area contributed by atoms with Gasteiger partial charge in [0.15, 0.2) is 6.10 Å². The summed E-state index contributed by atoms with van der Waals surface area (Å²) in [4.78, 5) is 34.4. The lowest BCUT2D eigenvalue weighted by Crippen LogP contribution is -2.49. The highest BCUT2D eigenvalue weighted by Crippen LogP contribution is 2.38. The molecule has 0 aliphatic carbocycles. The molecule has 1 aliphatic rings. The Kier molecular flexibility index (Phi) is 7.29. The zero-order valence-electron chi connectivity index (χ0n) is 19.9. The van der Waals surface area contributed by atoms with Crippen LogP contribution in [0, 0.1) is 6.92 Å². The molecule has 1 unspecified atom stereocenters. The molecule has 0 fully saturated rings. The lowest BCUT2D eigenvalue weighted by atomic mass is 10.1. The average Bonchev–Trinajstić information content (AvgIpc) is 3.30. The number of rotatable bonds is 8. The van der Waals surface area contributed by atoms with Crippen molar-refractivity contribution in [2.45, 2.75) is 33.3 Å². The zero-order chi connectivity index (χ0) is 24.2. The van der Waals surface area contributed by atoms with Crippen LogP contribution in [0.3, 0.4) is 0 Å². The maximum absolute atomic E-state index is 13.3. The summed E-state index contributed by atoms with van der Waals surface area (Å²) < 4.78 is 11.0. The first-order chi connectivity index (χ1) is 16.4. The molecular weight excluding hydrogens is 450 g/mol. The Morgan fingerprint density at radius 2 is 2.09 bits per heavy atom. The number of aryl methyl sites for hydroxylation is 1. The molecule has 178 valence electrons. The van der Waals surface area contributed by atoms with E-state index in [9.17, 15) is 9.59 Å². The predicted octanol–water partition coefficient (Wildman–Crippen LogP) is 4.47. The number of anilines is 2. The summed E-state index contributed by atoms with van der Waals surface area (Å²) in [6, 6.07) is 13.5. The van der Waals surface area contributed by atoms with Gasteiger partial charge < -0.3 is 14.4 Å². The Morgan fingerprint density at radius 1 is 1.26 bits per heavy atom. The topological polar surface area (TPSA) is 72.0 Å². The van der Waals surface area contributed by atoms with Crippen molar-refractivity contribution in [2.24, 2.45) is 0 Å². The van der Waals surface area contributed by atoms with E-state index in [1.54, 1.807) is 30.3 Å². The number of hydrogen-bond donors (Lipinski definition) is 0. The molecule has 4 rings (SSSR count). The number of methoxy groups -OCH3 is 1. The second-order valence-corrected chi connectivity index (χ2v) is 9.16. The molecular formula is C26H29N3O4S. The van der Waals surface area contributed by atoms with E-state index >= 15 is 0 Å². The van der Waals surface area contributed by atoms with Crippen molar-refractivity contribution in [3.63, 3.8) is 0 Å². The van der Waals surface area contributed by atoms with Gasteiger partial charge in [0.2, 0.25) is 5.91 Å². The molecule has 0 saturated carbocycles. The van der Waals surface area contributed by atoms with Crippen molar-refractivity contribution in [3.05, 3.63) is 58.4 Å². The number of benzene rings is 2. The van der Waals surface area contributed by atoms with Gasteiger partial charge >= 0.3 is 0 Å². The smallest absolute Gasteiger partial charge is 0.268 e. The van der Waals surface area contributed by atoms with Crippen LogP contribution in [0.25, 0.3) is 11.3 Å². The Labute approximate surface area is 203 Å². The quantitative estimate of drug-likeness (QED) is 0.477. The average molecular weight is 480 g/mol. The van der Waals surface area contributed by atoms with Crippen molar-refractivity contribution < 1.29 is 19.1 Å². The van der Waals surface area contributed by atoms with E-state index < -0.39 is 6.10 Å². The number of fused-ring (bicyclic) bond motifs is 1. The normalized spacial score (nSPS) is 15.1. The highest BCUT2D eigenvalue weighted by atomic mass is 32.1. The third-order valence-corrected chi connectivity index (χ3v) is 6.67. The van der Waals surface area contributed by atoms with Crippen LogP contribution in [0.2, 0.25) is 0 Å². The first-order valence-corrected chi connectivity index (χ1v) is 12.2. The number of carbonyl (C=O) groups excluding carboxylic acids is 2. The Bertz CT molecular complexity index is 1190. The number of likely N-dealkylation sites (N-methyl/N-ethyl adjacent to an activating group) is 1. The van der Waals surface area contributed by atoms with E-state index in [1.807, 2.05) is 61.7 Å². The van der Waals surface area contributed by atoms with Crippen LogP contribution in [0.1, 0.15) is 24.4 Å². The van der Waals surface area contributed by atoms with E-state index in [2.05, 4.69) is 0 Å². The lowest BCUT2D eigenvalue weighted by Gasteiger charge is -2.34. The van der Waals surface area contributed by atoms with Crippen molar-refractivity contribution in [1.29, 1.82) is 0 Å². The number of hydrogen-bond acceptors (Lipinski definition) is 6. The molecule has 1 aromatic heterocycles. The van der Waals surface area contributed by atoms with E-state index in [-0.39, 0.29) is 18.4 Å². The number of aromatic nitrogens is 1. The van der Waals surface area contributed by atoms with Gasteiger partial charge in [-0.2, -0.15) is 0 Å². The standard InChI is InChI=1S/C26H29N3O4S/c1-5-28(20-8-6-7-17(2)13-20)25(30)15-29-22-14-19(9-10-23(22)33-18(3)26(29)31)21-16-34-24(27-21)11-12-32-4/h6-10,13-14,16,18H,5,11-12,15H2,1-4H3. The second kappa shape index (κ2) is 10.4. The largest absolute Gasteiger partial charge is 0.479 e. The number of carbonyl (C=O) groups is 2. The van der Waals surface area contributed by atoms with Gasteiger partial charge in [-0.3, -0.25) is 14.5 Å². The van der Waals surface area contributed by atoms with Gasteiger partial charge in [0.05, 0.1) is 23.0 Å². The molecule has 34 heavy (non-hydrogen) atoms. The first-order valence-electron chi connectivity index (χ1n) is 11.3. The summed E-state index contributed by atoms with van der Waals surface area (Å²) in [5.74, 6) is 0.192. The number of nitrogens with zero attached hydrogens (tertiary/aromatic N) is 3. The van der Waals surface area contributed by atoms with Crippen LogP contribution in [-0.2, 0) is 20.7 Å². The molecule has 8 heteroatoms. The first kappa shape index (κ1) is 23.9.